The van der Waals surface area contributed by atoms with E-state index in [4.69, 9.17) is 0 Å². The van der Waals surface area contributed by atoms with Crippen LogP contribution in [-0.4, -0.2) is 34.2 Å². The Balaban J connectivity index is 2.42. The summed E-state index contributed by atoms with van der Waals surface area (Å²) < 4.78 is 0. The number of thioether (sulfide) groups is 1. The molecule has 0 aliphatic heterocycles. The average Bonchev–Trinajstić information content (AvgIpc) is 2.29. The summed E-state index contributed by atoms with van der Waals surface area (Å²) in [4.78, 5) is 10.1. The third kappa shape index (κ3) is 5.03. The Morgan fingerprint density at radius 3 is 2.56 bits per heavy atom. The van der Waals surface area contributed by atoms with E-state index in [1.54, 1.807) is 30.8 Å². The van der Waals surface area contributed by atoms with Crippen molar-refractivity contribution in [3.63, 3.8) is 0 Å². The largest absolute Gasteiger partial charge is 0.388 e. The van der Waals surface area contributed by atoms with Gasteiger partial charge >= 0.3 is 0 Å². The van der Waals surface area contributed by atoms with Gasteiger partial charge in [-0.05, 0) is 18.7 Å². The molecule has 0 aliphatic carbocycles. The predicted molar refractivity (Wildman–Crippen MR) is 73.8 cm³/mol. The molecule has 0 radical (unpaired) electrons. The summed E-state index contributed by atoms with van der Waals surface area (Å²) in [6, 6.07) is 6.40. The molecule has 0 heterocycles. The Morgan fingerprint density at radius 1 is 1.44 bits per heavy atom. The smallest absolute Gasteiger partial charge is 0.269 e. The quantitative estimate of drug-likeness (QED) is 0.583. The van der Waals surface area contributed by atoms with E-state index in [2.05, 4.69) is 5.32 Å². The highest BCUT2D eigenvalue weighted by Crippen LogP contribution is 2.12. The minimum atomic E-state index is -0.736. The second-order valence-corrected chi connectivity index (χ2v) is 5.32. The van der Waals surface area contributed by atoms with Gasteiger partial charge in [0.25, 0.3) is 5.69 Å². The van der Waals surface area contributed by atoms with Crippen LogP contribution >= 0.6 is 11.8 Å². The summed E-state index contributed by atoms with van der Waals surface area (Å²) in [5, 5.41) is 23.6. The van der Waals surface area contributed by atoms with E-state index in [-0.39, 0.29) is 5.69 Å². The maximum Gasteiger partial charge on any atom is 0.269 e. The van der Waals surface area contributed by atoms with Crippen LogP contribution in [0.2, 0.25) is 0 Å². The van der Waals surface area contributed by atoms with Crippen LogP contribution in [0.1, 0.15) is 12.5 Å². The van der Waals surface area contributed by atoms with Gasteiger partial charge in [0, 0.05) is 31.0 Å². The summed E-state index contributed by atoms with van der Waals surface area (Å²) in [6.45, 7) is 2.86. The first kappa shape index (κ1) is 14.9. The van der Waals surface area contributed by atoms with Gasteiger partial charge in [0.05, 0.1) is 10.5 Å². The fraction of sp³-hybridized carbons (Fsp3) is 0.500. The third-order valence-electron chi connectivity index (χ3n) is 2.44. The molecule has 2 N–H and O–H groups in total. The summed E-state index contributed by atoms with van der Waals surface area (Å²) >= 11 is 1.60. The van der Waals surface area contributed by atoms with E-state index in [0.29, 0.717) is 18.8 Å². The van der Waals surface area contributed by atoms with Crippen molar-refractivity contribution in [3.8, 4) is 0 Å². The molecule has 0 bridgehead atoms. The molecule has 1 atom stereocenters. The zero-order chi connectivity index (χ0) is 13.6. The lowest BCUT2D eigenvalue weighted by Gasteiger charge is -2.22. The Labute approximate surface area is 111 Å². The van der Waals surface area contributed by atoms with Crippen LogP contribution in [0.4, 0.5) is 5.69 Å². The summed E-state index contributed by atoms with van der Waals surface area (Å²) in [7, 11) is 0. The van der Waals surface area contributed by atoms with Crippen molar-refractivity contribution < 1.29 is 10.0 Å². The Bertz CT molecular complexity index is 393. The second-order valence-electron chi connectivity index (χ2n) is 4.46. The Kier molecular flexibility index (Phi) is 5.58. The van der Waals surface area contributed by atoms with Crippen molar-refractivity contribution in [3.05, 3.63) is 39.9 Å². The molecule has 6 heteroatoms. The fourth-order valence-electron chi connectivity index (χ4n) is 1.57. The number of nitro groups is 1. The molecule has 0 amide bonds. The highest BCUT2D eigenvalue weighted by atomic mass is 32.2. The van der Waals surface area contributed by atoms with Crippen LogP contribution in [-0.2, 0) is 6.54 Å². The standard InChI is InChI=1S/C12H18N2O3S/c1-12(15,9-18-2)8-13-7-10-3-5-11(6-4-10)14(16)17/h3-6,13,15H,7-9H2,1-2H3. The van der Waals surface area contributed by atoms with Gasteiger partial charge in [-0.1, -0.05) is 12.1 Å². The molecule has 0 aromatic heterocycles. The van der Waals surface area contributed by atoms with Gasteiger partial charge in [-0.25, -0.2) is 0 Å². The van der Waals surface area contributed by atoms with Gasteiger partial charge in [0.2, 0.25) is 0 Å². The van der Waals surface area contributed by atoms with Crippen LogP contribution in [0, 0.1) is 10.1 Å². The number of hydrogen-bond donors (Lipinski definition) is 2. The van der Waals surface area contributed by atoms with E-state index in [9.17, 15) is 15.2 Å². The summed E-state index contributed by atoms with van der Waals surface area (Å²) in [5.74, 6) is 0.667. The minimum Gasteiger partial charge on any atom is -0.388 e. The van der Waals surface area contributed by atoms with Gasteiger partial charge in [-0.2, -0.15) is 11.8 Å². The summed E-state index contributed by atoms with van der Waals surface area (Å²) in [6.07, 6.45) is 1.95. The van der Waals surface area contributed by atoms with Crippen molar-refractivity contribution in [1.29, 1.82) is 0 Å². The van der Waals surface area contributed by atoms with E-state index in [1.165, 1.54) is 12.1 Å². The minimum absolute atomic E-state index is 0.0909. The molecular weight excluding hydrogens is 252 g/mol. The van der Waals surface area contributed by atoms with Crippen LogP contribution in [0.15, 0.2) is 24.3 Å². The predicted octanol–water partition coefficient (Wildman–Crippen LogP) is 1.80. The molecule has 0 spiro atoms. The Hall–Kier alpha value is -1.11. The number of hydrogen-bond acceptors (Lipinski definition) is 5. The number of nitrogens with zero attached hydrogens (tertiary/aromatic N) is 1. The van der Waals surface area contributed by atoms with E-state index < -0.39 is 10.5 Å². The monoisotopic (exact) mass is 270 g/mol. The number of nitrogens with one attached hydrogen (secondary N) is 1. The molecular formula is C12H18N2O3S. The number of aliphatic hydroxyl groups is 1. The first-order chi connectivity index (χ1) is 8.44. The topological polar surface area (TPSA) is 75.4 Å². The van der Waals surface area contributed by atoms with Gasteiger partial charge in [0.1, 0.15) is 0 Å². The maximum absolute atomic E-state index is 10.5. The number of rotatable bonds is 7. The molecule has 5 nitrogen and oxygen atoms in total. The Morgan fingerprint density at radius 2 is 2.06 bits per heavy atom. The first-order valence-corrected chi connectivity index (χ1v) is 6.99. The molecule has 0 aliphatic rings. The summed E-state index contributed by atoms with van der Waals surface area (Å²) in [5.41, 5.74) is 0.314. The highest BCUT2D eigenvalue weighted by Gasteiger charge is 2.18. The van der Waals surface area contributed by atoms with Crippen LogP contribution in [0.3, 0.4) is 0 Å². The van der Waals surface area contributed by atoms with Crippen molar-refractivity contribution in [2.24, 2.45) is 0 Å². The van der Waals surface area contributed by atoms with Crippen molar-refractivity contribution in [2.45, 2.75) is 19.1 Å². The number of benzene rings is 1. The van der Waals surface area contributed by atoms with Crippen LogP contribution in [0.25, 0.3) is 0 Å². The molecule has 0 saturated carbocycles. The van der Waals surface area contributed by atoms with Crippen molar-refractivity contribution in [2.75, 3.05) is 18.6 Å². The van der Waals surface area contributed by atoms with E-state index in [0.717, 1.165) is 5.56 Å². The van der Waals surface area contributed by atoms with Gasteiger partial charge in [-0.3, -0.25) is 10.1 Å². The van der Waals surface area contributed by atoms with Gasteiger partial charge in [-0.15, -0.1) is 0 Å². The lowest BCUT2D eigenvalue weighted by molar-refractivity contribution is -0.384. The van der Waals surface area contributed by atoms with Crippen LogP contribution in [0.5, 0.6) is 0 Å². The van der Waals surface area contributed by atoms with Crippen molar-refractivity contribution >= 4 is 17.4 Å². The van der Waals surface area contributed by atoms with E-state index in [1.807, 2.05) is 6.26 Å². The third-order valence-corrected chi connectivity index (χ3v) is 3.35. The maximum atomic E-state index is 10.5. The average molecular weight is 270 g/mol. The normalized spacial score (nSPS) is 14.2. The second kappa shape index (κ2) is 6.72. The molecule has 1 unspecified atom stereocenters. The molecule has 0 fully saturated rings. The van der Waals surface area contributed by atoms with Crippen molar-refractivity contribution in [1.82, 2.24) is 5.32 Å². The molecule has 100 valence electrons. The highest BCUT2D eigenvalue weighted by molar-refractivity contribution is 7.98. The lowest BCUT2D eigenvalue weighted by atomic mass is 10.1. The lowest BCUT2D eigenvalue weighted by Crippen LogP contribution is -2.39. The van der Waals surface area contributed by atoms with Gasteiger partial charge in [0.15, 0.2) is 0 Å². The van der Waals surface area contributed by atoms with Gasteiger partial charge < -0.3 is 10.4 Å². The molecule has 18 heavy (non-hydrogen) atoms. The number of nitro benzene ring substituents is 1. The molecule has 1 aromatic carbocycles. The zero-order valence-corrected chi connectivity index (χ0v) is 11.4. The van der Waals surface area contributed by atoms with Crippen LogP contribution < -0.4 is 5.32 Å². The first-order valence-electron chi connectivity index (χ1n) is 5.60. The molecule has 0 saturated heterocycles. The molecule has 1 rings (SSSR count). The molecule has 1 aromatic rings. The zero-order valence-electron chi connectivity index (χ0n) is 10.5. The fourth-order valence-corrected chi connectivity index (χ4v) is 2.30. The number of non-ortho nitro benzene ring substituents is 1. The SMILES string of the molecule is CSCC(C)(O)CNCc1ccc([N+](=O)[O-])cc1. The van der Waals surface area contributed by atoms with E-state index >= 15 is 0 Å².